The molecule has 0 saturated carbocycles. The molecular weight excluding hydrogens is 310 g/mol. The second-order valence-electron chi connectivity index (χ2n) is 5.31. The third kappa shape index (κ3) is 3.08. The minimum Gasteiger partial charge on any atom is -0.504 e. The van der Waals surface area contributed by atoms with Crippen LogP contribution >= 0.6 is 0 Å². The predicted molar refractivity (Wildman–Crippen MR) is 92.0 cm³/mol. The van der Waals surface area contributed by atoms with E-state index in [4.69, 9.17) is 14.2 Å². The smallest absolute Gasteiger partial charge is 0.207 e. The lowest BCUT2D eigenvalue weighted by Crippen LogP contribution is -2.09. The van der Waals surface area contributed by atoms with E-state index in [1.54, 1.807) is 12.1 Å². The average molecular weight is 331 g/mol. The van der Waals surface area contributed by atoms with Crippen molar-refractivity contribution in [2.75, 3.05) is 40.3 Å². The van der Waals surface area contributed by atoms with Gasteiger partial charge in [0.2, 0.25) is 11.5 Å². The summed E-state index contributed by atoms with van der Waals surface area (Å²) in [6.45, 7) is 0. The Bertz CT molecular complexity index is 738. The van der Waals surface area contributed by atoms with Crippen molar-refractivity contribution in [1.82, 2.24) is 0 Å². The van der Waals surface area contributed by atoms with Crippen LogP contribution in [0.4, 0.5) is 5.69 Å². The zero-order valence-electron chi connectivity index (χ0n) is 14.4. The number of ketones is 1. The van der Waals surface area contributed by atoms with Crippen LogP contribution in [0.3, 0.4) is 0 Å². The van der Waals surface area contributed by atoms with E-state index in [0.717, 1.165) is 5.69 Å². The number of ether oxygens (including phenoxy) is 3. The first kappa shape index (κ1) is 17.5. The third-order valence-electron chi connectivity index (χ3n) is 3.69. The number of benzene rings is 2. The van der Waals surface area contributed by atoms with E-state index in [9.17, 15) is 9.90 Å². The van der Waals surface area contributed by atoms with Crippen LogP contribution in [0.1, 0.15) is 15.9 Å². The number of hydrogen-bond acceptors (Lipinski definition) is 6. The molecule has 24 heavy (non-hydrogen) atoms. The lowest BCUT2D eigenvalue weighted by Gasteiger charge is -2.16. The molecule has 0 amide bonds. The highest BCUT2D eigenvalue weighted by Crippen LogP contribution is 2.46. The molecule has 0 aliphatic carbocycles. The highest BCUT2D eigenvalue weighted by molar-refractivity contribution is 6.11. The fourth-order valence-electron chi connectivity index (χ4n) is 2.38. The van der Waals surface area contributed by atoms with Gasteiger partial charge in [-0.2, -0.15) is 0 Å². The number of hydrogen-bond donors (Lipinski definition) is 1. The lowest BCUT2D eigenvalue weighted by atomic mass is 10.0. The van der Waals surface area contributed by atoms with Crippen LogP contribution in [0.2, 0.25) is 0 Å². The number of methoxy groups -OCH3 is 3. The van der Waals surface area contributed by atoms with Crippen molar-refractivity contribution in [3.8, 4) is 23.0 Å². The van der Waals surface area contributed by atoms with Gasteiger partial charge in [-0.3, -0.25) is 4.79 Å². The molecule has 2 aromatic rings. The molecule has 0 bridgehead atoms. The monoisotopic (exact) mass is 331 g/mol. The van der Waals surface area contributed by atoms with Crippen LogP contribution in [0.5, 0.6) is 23.0 Å². The molecule has 0 fully saturated rings. The standard InChI is InChI=1S/C18H21NO5/c1-19(2)12-8-6-11(7-9-12)15(20)13-10-14(22-3)17(23-4)18(24-5)16(13)21/h6-10,21H,1-5H3. The summed E-state index contributed by atoms with van der Waals surface area (Å²) in [5, 5.41) is 10.4. The van der Waals surface area contributed by atoms with Gasteiger partial charge in [0.25, 0.3) is 0 Å². The summed E-state index contributed by atoms with van der Waals surface area (Å²) in [5.74, 6) is -0.0172. The van der Waals surface area contributed by atoms with Crippen LogP contribution in [0.25, 0.3) is 0 Å². The topological polar surface area (TPSA) is 68.2 Å². The first-order chi connectivity index (χ1) is 11.4. The van der Waals surface area contributed by atoms with E-state index in [0.29, 0.717) is 11.3 Å². The van der Waals surface area contributed by atoms with E-state index >= 15 is 0 Å². The number of rotatable bonds is 6. The number of anilines is 1. The van der Waals surface area contributed by atoms with Gasteiger partial charge >= 0.3 is 0 Å². The van der Waals surface area contributed by atoms with Crippen LogP contribution < -0.4 is 19.1 Å². The van der Waals surface area contributed by atoms with Crippen molar-refractivity contribution >= 4 is 11.5 Å². The molecule has 0 unspecified atom stereocenters. The van der Waals surface area contributed by atoms with Gasteiger partial charge in [0.05, 0.1) is 26.9 Å². The van der Waals surface area contributed by atoms with E-state index < -0.39 is 0 Å². The molecular formula is C18H21NO5. The fraction of sp³-hybridized carbons (Fsp3) is 0.278. The number of phenolic OH excluding ortho intramolecular Hbond substituents is 1. The van der Waals surface area contributed by atoms with Gasteiger partial charge in [0.15, 0.2) is 17.3 Å². The Labute approximate surface area is 141 Å². The Hall–Kier alpha value is -2.89. The summed E-state index contributed by atoms with van der Waals surface area (Å²) < 4.78 is 15.6. The molecule has 0 aromatic heterocycles. The van der Waals surface area contributed by atoms with Crippen LogP contribution in [-0.2, 0) is 0 Å². The third-order valence-corrected chi connectivity index (χ3v) is 3.69. The van der Waals surface area contributed by atoms with E-state index in [-0.39, 0.29) is 28.6 Å². The SMILES string of the molecule is COc1cc(C(=O)c2ccc(N(C)C)cc2)c(O)c(OC)c1OC. The maximum Gasteiger partial charge on any atom is 0.207 e. The molecule has 0 saturated heterocycles. The summed E-state index contributed by atoms with van der Waals surface area (Å²) >= 11 is 0. The first-order valence-electron chi connectivity index (χ1n) is 7.28. The van der Waals surface area contributed by atoms with E-state index in [1.807, 2.05) is 31.1 Å². The van der Waals surface area contributed by atoms with Gasteiger partial charge in [0, 0.05) is 25.3 Å². The molecule has 0 atom stereocenters. The zero-order valence-corrected chi connectivity index (χ0v) is 14.4. The highest BCUT2D eigenvalue weighted by atomic mass is 16.5. The van der Waals surface area contributed by atoms with Crippen molar-refractivity contribution < 1.29 is 24.1 Å². The summed E-state index contributed by atoms with van der Waals surface area (Å²) in [6.07, 6.45) is 0. The molecule has 0 aliphatic heterocycles. The fourth-order valence-corrected chi connectivity index (χ4v) is 2.38. The molecule has 0 aliphatic rings. The van der Waals surface area contributed by atoms with Gasteiger partial charge in [-0.25, -0.2) is 0 Å². The second-order valence-corrected chi connectivity index (χ2v) is 5.31. The number of carbonyl (C=O) groups excluding carboxylic acids is 1. The van der Waals surface area contributed by atoms with Gasteiger partial charge in [-0.1, -0.05) is 0 Å². The maximum atomic E-state index is 12.8. The Kier molecular flexibility index (Phi) is 5.18. The minimum absolute atomic E-state index is 0.0603. The van der Waals surface area contributed by atoms with Gasteiger partial charge in [-0.05, 0) is 30.3 Å². The van der Waals surface area contributed by atoms with Crippen LogP contribution in [0, 0.1) is 0 Å². The quantitative estimate of drug-likeness (QED) is 0.821. The number of phenols is 1. The Morgan fingerprint density at radius 3 is 2.00 bits per heavy atom. The van der Waals surface area contributed by atoms with Gasteiger partial charge in [-0.15, -0.1) is 0 Å². The van der Waals surface area contributed by atoms with Crippen molar-refractivity contribution in [3.05, 3.63) is 41.5 Å². The molecule has 2 aromatic carbocycles. The minimum atomic E-state index is -0.336. The van der Waals surface area contributed by atoms with E-state index in [1.165, 1.54) is 27.4 Å². The summed E-state index contributed by atoms with van der Waals surface area (Å²) in [7, 11) is 8.11. The molecule has 0 heterocycles. The lowest BCUT2D eigenvalue weighted by molar-refractivity contribution is 0.103. The maximum absolute atomic E-state index is 12.8. The summed E-state index contributed by atoms with van der Waals surface area (Å²) in [5.41, 5.74) is 1.51. The molecule has 2 rings (SSSR count). The molecule has 6 heteroatoms. The van der Waals surface area contributed by atoms with Crippen molar-refractivity contribution in [2.45, 2.75) is 0 Å². The Morgan fingerprint density at radius 1 is 0.958 bits per heavy atom. The average Bonchev–Trinajstić information content (AvgIpc) is 2.60. The van der Waals surface area contributed by atoms with Crippen molar-refractivity contribution in [2.24, 2.45) is 0 Å². The number of aromatic hydroxyl groups is 1. The predicted octanol–water partition coefficient (Wildman–Crippen LogP) is 2.72. The molecule has 0 radical (unpaired) electrons. The zero-order chi connectivity index (χ0) is 17.9. The Morgan fingerprint density at radius 2 is 1.54 bits per heavy atom. The summed E-state index contributed by atoms with van der Waals surface area (Å²) in [4.78, 5) is 14.7. The normalized spacial score (nSPS) is 10.2. The Balaban J connectivity index is 2.52. The second kappa shape index (κ2) is 7.12. The highest BCUT2D eigenvalue weighted by Gasteiger charge is 2.24. The molecule has 1 N–H and O–H groups in total. The molecule has 6 nitrogen and oxygen atoms in total. The van der Waals surface area contributed by atoms with Crippen molar-refractivity contribution in [1.29, 1.82) is 0 Å². The number of nitrogens with zero attached hydrogens (tertiary/aromatic N) is 1. The number of carbonyl (C=O) groups is 1. The molecule has 0 spiro atoms. The van der Waals surface area contributed by atoms with Gasteiger partial charge in [0.1, 0.15) is 0 Å². The van der Waals surface area contributed by atoms with Crippen LogP contribution in [0.15, 0.2) is 30.3 Å². The largest absolute Gasteiger partial charge is 0.504 e. The summed E-state index contributed by atoms with van der Waals surface area (Å²) in [6, 6.07) is 8.53. The van der Waals surface area contributed by atoms with Crippen LogP contribution in [-0.4, -0.2) is 46.3 Å². The van der Waals surface area contributed by atoms with Crippen molar-refractivity contribution in [3.63, 3.8) is 0 Å². The first-order valence-corrected chi connectivity index (χ1v) is 7.28. The molecule has 128 valence electrons. The van der Waals surface area contributed by atoms with E-state index in [2.05, 4.69) is 0 Å². The van der Waals surface area contributed by atoms with Gasteiger partial charge < -0.3 is 24.2 Å².